The van der Waals surface area contributed by atoms with Crippen LogP contribution in [0.5, 0.6) is 0 Å². The molecule has 2 N–H and O–H groups in total. The Kier molecular flexibility index (Phi) is 2.83. The summed E-state index contributed by atoms with van der Waals surface area (Å²) in [7, 11) is 1.66. The van der Waals surface area contributed by atoms with Crippen molar-refractivity contribution in [2.24, 2.45) is 0 Å². The third-order valence-corrected chi connectivity index (χ3v) is 2.13. The summed E-state index contributed by atoms with van der Waals surface area (Å²) in [6, 6.07) is 0. The number of anilines is 1. The van der Waals surface area contributed by atoms with E-state index >= 15 is 0 Å². The van der Waals surface area contributed by atoms with Crippen LogP contribution in [0.4, 0.5) is 5.82 Å². The van der Waals surface area contributed by atoms with Crippen LogP contribution >= 0.6 is 11.6 Å². The third kappa shape index (κ3) is 2.60. The van der Waals surface area contributed by atoms with Gasteiger partial charge < -0.3 is 10.5 Å². The molecule has 0 bridgehead atoms. The van der Waals surface area contributed by atoms with Gasteiger partial charge in [-0.05, 0) is 13.8 Å². The molecule has 5 heteroatoms. The van der Waals surface area contributed by atoms with Crippen molar-refractivity contribution in [1.82, 2.24) is 9.78 Å². The first-order chi connectivity index (χ1) is 5.94. The second-order valence-electron chi connectivity index (χ2n) is 3.52. The van der Waals surface area contributed by atoms with Crippen molar-refractivity contribution in [3.05, 3.63) is 11.2 Å². The van der Waals surface area contributed by atoms with Crippen molar-refractivity contribution in [3.8, 4) is 0 Å². The molecule has 0 aromatic carbocycles. The van der Waals surface area contributed by atoms with Gasteiger partial charge in [0.05, 0.1) is 12.1 Å². The highest BCUT2D eigenvalue weighted by molar-refractivity contribution is 6.32. The van der Waals surface area contributed by atoms with Crippen LogP contribution in [0, 0.1) is 0 Å². The summed E-state index contributed by atoms with van der Waals surface area (Å²) in [5.74, 6) is 0.355. The van der Waals surface area contributed by atoms with Crippen molar-refractivity contribution >= 4 is 17.4 Å². The molecule has 1 heterocycles. The lowest BCUT2D eigenvalue weighted by molar-refractivity contribution is 0.00549. The number of rotatable bonds is 3. The molecule has 0 aliphatic rings. The predicted molar refractivity (Wildman–Crippen MR) is 52.7 cm³/mol. The van der Waals surface area contributed by atoms with Crippen LogP contribution in [-0.2, 0) is 11.3 Å². The maximum absolute atomic E-state index is 5.75. The summed E-state index contributed by atoms with van der Waals surface area (Å²) >= 11 is 5.75. The van der Waals surface area contributed by atoms with Gasteiger partial charge in [-0.3, -0.25) is 4.68 Å². The molecule has 0 saturated carbocycles. The van der Waals surface area contributed by atoms with Crippen LogP contribution < -0.4 is 5.73 Å². The summed E-state index contributed by atoms with van der Waals surface area (Å²) in [6.45, 7) is 4.57. The summed E-state index contributed by atoms with van der Waals surface area (Å²) in [5, 5.41) is 4.50. The van der Waals surface area contributed by atoms with Gasteiger partial charge >= 0.3 is 0 Å². The van der Waals surface area contributed by atoms with E-state index in [2.05, 4.69) is 5.10 Å². The molecule has 0 amide bonds. The standard InChI is InChI=1S/C8H14ClN3O/c1-8(2,13-3)5-12-4-6(9)7(10)11-12/h4H,5H2,1-3H3,(H2,10,11). The number of aromatic nitrogens is 2. The van der Waals surface area contributed by atoms with Crippen LogP contribution in [0.25, 0.3) is 0 Å². The van der Waals surface area contributed by atoms with Gasteiger partial charge in [-0.2, -0.15) is 5.10 Å². The van der Waals surface area contributed by atoms with Gasteiger partial charge in [0.1, 0.15) is 5.02 Å². The number of ether oxygens (including phenoxy) is 1. The minimum Gasteiger partial charge on any atom is -0.381 e. The molecule has 0 atom stereocenters. The van der Waals surface area contributed by atoms with Gasteiger partial charge in [0.2, 0.25) is 0 Å². The minimum absolute atomic E-state index is 0.262. The lowest BCUT2D eigenvalue weighted by Crippen LogP contribution is -2.29. The largest absolute Gasteiger partial charge is 0.381 e. The van der Waals surface area contributed by atoms with Gasteiger partial charge in [0.15, 0.2) is 5.82 Å². The highest BCUT2D eigenvalue weighted by Gasteiger charge is 2.18. The first-order valence-corrected chi connectivity index (χ1v) is 4.36. The molecule has 0 aliphatic heterocycles. The molecule has 1 aromatic heterocycles. The first-order valence-electron chi connectivity index (χ1n) is 3.98. The Morgan fingerprint density at radius 1 is 1.69 bits per heavy atom. The lowest BCUT2D eigenvalue weighted by Gasteiger charge is -2.22. The van der Waals surface area contributed by atoms with Crippen LogP contribution in [-0.4, -0.2) is 22.5 Å². The van der Waals surface area contributed by atoms with Crippen LogP contribution in [0.3, 0.4) is 0 Å². The highest BCUT2D eigenvalue weighted by Crippen LogP contribution is 2.18. The van der Waals surface area contributed by atoms with Crippen molar-refractivity contribution in [1.29, 1.82) is 0 Å². The van der Waals surface area contributed by atoms with Crippen LogP contribution in [0.2, 0.25) is 5.02 Å². The molecule has 1 rings (SSSR count). The SMILES string of the molecule is COC(C)(C)Cn1cc(Cl)c(N)n1. The fourth-order valence-corrected chi connectivity index (χ4v) is 1.10. The minimum atomic E-state index is -0.262. The van der Waals surface area contributed by atoms with Gasteiger partial charge in [0.25, 0.3) is 0 Å². The van der Waals surface area contributed by atoms with Crippen molar-refractivity contribution in [3.63, 3.8) is 0 Å². The summed E-state index contributed by atoms with van der Waals surface area (Å²) in [6.07, 6.45) is 1.69. The Labute approximate surface area is 82.6 Å². The van der Waals surface area contributed by atoms with Crippen molar-refractivity contribution < 1.29 is 4.74 Å². The molecule has 0 aliphatic carbocycles. The van der Waals surface area contributed by atoms with Gasteiger partial charge in [0, 0.05) is 13.3 Å². The Morgan fingerprint density at radius 3 is 2.69 bits per heavy atom. The second kappa shape index (κ2) is 3.55. The molecule has 0 fully saturated rings. The Morgan fingerprint density at radius 2 is 2.31 bits per heavy atom. The van der Waals surface area contributed by atoms with E-state index in [0.29, 0.717) is 17.4 Å². The molecular weight excluding hydrogens is 190 g/mol. The monoisotopic (exact) mass is 203 g/mol. The maximum atomic E-state index is 5.75. The number of nitrogens with two attached hydrogens (primary N) is 1. The fourth-order valence-electron chi connectivity index (χ4n) is 0.948. The molecule has 13 heavy (non-hydrogen) atoms. The van der Waals surface area contributed by atoms with E-state index in [1.165, 1.54) is 0 Å². The number of halogens is 1. The normalized spacial score (nSPS) is 12.0. The van der Waals surface area contributed by atoms with Crippen molar-refractivity contribution in [2.75, 3.05) is 12.8 Å². The van der Waals surface area contributed by atoms with E-state index in [1.807, 2.05) is 13.8 Å². The van der Waals surface area contributed by atoms with Gasteiger partial charge in [-0.1, -0.05) is 11.6 Å². The lowest BCUT2D eigenvalue weighted by atomic mass is 10.1. The van der Waals surface area contributed by atoms with E-state index < -0.39 is 0 Å². The summed E-state index contributed by atoms with van der Waals surface area (Å²) in [4.78, 5) is 0. The number of nitrogens with zero attached hydrogens (tertiary/aromatic N) is 2. The zero-order valence-corrected chi connectivity index (χ0v) is 8.80. The maximum Gasteiger partial charge on any atom is 0.164 e. The number of nitrogen functional groups attached to an aromatic ring is 1. The average Bonchev–Trinajstić information content (AvgIpc) is 2.30. The Hall–Kier alpha value is -0.740. The zero-order valence-electron chi connectivity index (χ0n) is 8.04. The van der Waals surface area contributed by atoms with E-state index in [-0.39, 0.29) is 5.60 Å². The molecule has 4 nitrogen and oxygen atoms in total. The number of hydrogen-bond donors (Lipinski definition) is 1. The summed E-state index contributed by atoms with van der Waals surface area (Å²) in [5.41, 5.74) is 5.23. The second-order valence-corrected chi connectivity index (χ2v) is 3.93. The van der Waals surface area contributed by atoms with E-state index in [4.69, 9.17) is 22.1 Å². The third-order valence-electron chi connectivity index (χ3n) is 1.84. The van der Waals surface area contributed by atoms with E-state index in [9.17, 15) is 0 Å². The van der Waals surface area contributed by atoms with Crippen LogP contribution in [0.1, 0.15) is 13.8 Å². The Balaban J connectivity index is 2.75. The molecule has 0 spiro atoms. The molecule has 0 radical (unpaired) electrons. The molecule has 1 aromatic rings. The van der Waals surface area contributed by atoms with E-state index in [0.717, 1.165) is 0 Å². The quantitative estimate of drug-likeness (QED) is 0.811. The average molecular weight is 204 g/mol. The van der Waals surface area contributed by atoms with E-state index in [1.54, 1.807) is 18.0 Å². The molecule has 74 valence electrons. The first kappa shape index (κ1) is 10.3. The molecule has 0 saturated heterocycles. The summed E-state index contributed by atoms with van der Waals surface area (Å²) < 4.78 is 6.93. The van der Waals surface area contributed by atoms with Gasteiger partial charge in [-0.15, -0.1) is 0 Å². The van der Waals surface area contributed by atoms with Crippen LogP contribution in [0.15, 0.2) is 6.20 Å². The number of hydrogen-bond acceptors (Lipinski definition) is 3. The smallest absolute Gasteiger partial charge is 0.164 e. The predicted octanol–water partition coefficient (Wildman–Crippen LogP) is 1.54. The fraction of sp³-hybridized carbons (Fsp3) is 0.625. The van der Waals surface area contributed by atoms with Crippen molar-refractivity contribution in [2.45, 2.75) is 26.0 Å². The zero-order chi connectivity index (χ0) is 10.1. The van der Waals surface area contributed by atoms with Gasteiger partial charge in [-0.25, -0.2) is 0 Å². The topological polar surface area (TPSA) is 53.1 Å². The Bertz CT molecular complexity index is 276. The molecule has 0 unspecified atom stereocenters. The molecular formula is C8H14ClN3O. The number of methoxy groups -OCH3 is 1. The highest BCUT2D eigenvalue weighted by atomic mass is 35.5.